The molecule has 13 heavy (non-hydrogen) atoms. The number of nitriles is 1. The largest absolute Gasteiger partial charge is 0.305 e. The Hall–Kier alpha value is -0.990. The molecule has 2 heteroatoms. The number of rotatable bonds is 3. The Morgan fingerprint density at radius 2 is 2.08 bits per heavy atom. The molecule has 70 valence electrons. The molecule has 0 aromatic rings. The van der Waals surface area contributed by atoms with Gasteiger partial charge in [0.1, 0.15) is 0 Å². The van der Waals surface area contributed by atoms with E-state index in [0.29, 0.717) is 6.54 Å². The lowest BCUT2D eigenvalue weighted by atomic mass is 9.88. The molecule has 0 aromatic heterocycles. The Morgan fingerprint density at radius 1 is 1.38 bits per heavy atom. The molecule has 1 aliphatic rings. The average Bonchev–Trinajstić information content (AvgIpc) is 2.62. The van der Waals surface area contributed by atoms with E-state index in [4.69, 9.17) is 5.26 Å². The van der Waals surface area contributed by atoms with Crippen LogP contribution in [0.3, 0.4) is 0 Å². The number of nitrogens with one attached hydrogen (secondary N) is 1. The summed E-state index contributed by atoms with van der Waals surface area (Å²) in [5.74, 6) is 5.77. The van der Waals surface area contributed by atoms with Crippen LogP contribution in [0.4, 0.5) is 0 Å². The van der Waals surface area contributed by atoms with Gasteiger partial charge in [-0.2, -0.15) is 5.26 Å². The second kappa shape index (κ2) is 4.90. The van der Waals surface area contributed by atoms with Crippen LogP contribution in [0.2, 0.25) is 0 Å². The molecule has 0 amide bonds. The first-order chi connectivity index (χ1) is 6.33. The van der Waals surface area contributed by atoms with Crippen molar-refractivity contribution in [2.24, 2.45) is 5.41 Å². The van der Waals surface area contributed by atoms with E-state index in [2.05, 4.69) is 23.2 Å². The zero-order valence-electron chi connectivity index (χ0n) is 8.19. The molecular weight excluding hydrogens is 160 g/mol. The fraction of sp³-hybridized carbons (Fsp3) is 0.727. The first kappa shape index (κ1) is 10.1. The van der Waals surface area contributed by atoms with E-state index < -0.39 is 0 Å². The lowest BCUT2D eigenvalue weighted by Crippen LogP contribution is -2.31. The summed E-state index contributed by atoms with van der Waals surface area (Å²) in [6.07, 6.45) is 4.51. The van der Waals surface area contributed by atoms with Gasteiger partial charge in [-0.05, 0) is 19.8 Å². The maximum Gasteiger partial charge on any atom is 0.0703 e. The van der Waals surface area contributed by atoms with Crippen LogP contribution in [0.15, 0.2) is 0 Å². The summed E-state index contributed by atoms with van der Waals surface area (Å²) in [7, 11) is 0. The fourth-order valence-electron chi connectivity index (χ4n) is 1.83. The Morgan fingerprint density at radius 3 is 2.62 bits per heavy atom. The van der Waals surface area contributed by atoms with Crippen molar-refractivity contribution in [3.05, 3.63) is 0 Å². The summed E-state index contributed by atoms with van der Waals surface area (Å²) >= 11 is 0. The molecule has 1 rings (SSSR count). The molecule has 2 nitrogen and oxygen atoms in total. The van der Waals surface area contributed by atoms with E-state index >= 15 is 0 Å². The molecule has 0 radical (unpaired) electrons. The third kappa shape index (κ3) is 2.76. The minimum Gasteiger partial charge on any atom is -0.305 e. The monoisotopic (exact) mass is 176 g/mol. The van der Waals surface area contributed by atoms with E-state index in [0.717, 1.165) is 19.4 Å². The zero-order valence-corrected chi connectivity index (χ0v) is 8.19. The van der Waals surface area contributed by atoms with Crippen molar-refractivity contribution in [3.63, 3.8) is 0 Å². The predicted molar refractivity (Wildman–Crippen MR) is 52.8 cm³/mol. The fourth-order valence-corrected chi connectivity index (χ4v) is 1.83. The zero-order chi connectivity index (χ0) is 9.57. The molecule has 1 aliphatic carbocycles. The second-order valence-electron chi connectivity index (χ2n) is 3.63. The molecule has 1 fully saturated rings. The van der Waals surface area contributed by atoms with Crippen molar-refractivity contribution in [1.82, 2.24) is 5.32 Å². The lowest BCUT2D eigenvalue weighted by molar-refractivity contribution is 0.388. The maximum atomic E-state index is 9.05. The third-order valence-corrected chi connectivity index (χ3v) is 2.65. The van der Waals surface area contributed by atoms with Crippen LogP contribution in [0.25, 0.3) is 0 Å². The van der Waals surface area contributed by atoms with Gasteiger partial charge in [-0.1, -0.05) is 18.8 Å². The van der Waals surface area contributed by atoms with Crippen LogP contribution in [0, 0.1) is 28.6 Å². The van der Waals surface area contributed by atoms with Crippen LogP contribution in [-0.4, -0.2) is 13.1 Å². The normalized spacial score (nSPS) is 18.8. The average molecular weight is 176 g/mol. The highest BCUT2D eigenvalue weighted by Gasteiger charge is 2.33. The van der Waals surface area contributed by atoms with Crippen molar-refractivity contribution in [2.45, 2.75) is 32.6 Å². The SMILES string of the molecule is CC#CCNCC1(C#N)CCCC1. The van der Waals surface area contributed by atoms with Crippen LogP contribution < -0.4 is 5.32 Å². The van der Waals surface area contributed by atoms with Crippen molar-refractivity contribution in [2.75, 3.05) is 13.1 Å². The Kier molecular flexibility index (Phi) is 3.80. The molecule has 1 N–H and O–H groups in total. The van der Waals surface area contributed by atoms with E-state index in [-0.39, 0.29) is 5.41 Å². The van der Waals surface area contributed by atoms with E-state index in [1.807, 2.05) is 6.92 Å². The van der Waals surface area contributed by atoms with Crippen LogP contribution in [0.5, 0.6) is 0 Å². The van der Waals surface area contributed by atoms with Gasteiger partial charge in [0.25, 0.3) is 0 Å². The Labute approximate surface area is 80.3 Å². The number of hydrogen-bond donors (Lipinski definition) is 1. The minimum absolute atomic E-state index is 0.0879. The number of hydrogen-bond acceptors (Lipinski definition) is 2. The van der Waals surface area contributed by atoms with Gasteiger partial charge in [-0.3, -0.25) is 0 Å². The van der Waals surface area contributed by atoms with Gasteiger partial charge in [0, 0.05) is 6.54 Å². The first-order valence-electron chi connectivity index (χ1n) is 4.84. The van der Waals surface area contributed by atoms with Gasteiger partial charge in [-0.25, -0.2) is 0 Å². The first-order valence-corrected chi connectivity index (χ1v) is 4.84. The lowest BCUT2D eigenvalue weighted by Gasteiger charge is -2.19. The highest BCUT2D eigenvalue weighted by atomic mass is 14.9. The van der Waals surface area contributed by atoms with Crippen LogP contribution >= 0.6 is 0 Å². The maximum absolute atomic E-state index is 9.05. The minimum atomic E-state index is -0.0879. The summed E-state index contributed by atoms with van der Waals surface area (Å²) < 4.78 is 0. The Bertz CT molecular complexity index is 245. The Balaban J connectivity index is 2.31. The quantitative estimate of drug-likeness (QED) is 0.524. The van der Waals surface area contributed by atoms with Crippen LogP contribution in [-0.2, 0) is 0 Å². The molecule has 0 bridgehead atoms. The summed E-state index contributed by atoms with van der Waals surface area (Å²) in [4.78, 5) is 0. The summed E-state index contributed by atoms with van der Waals surface area (Å²) in [6.45, 7) is 3.34. The summed E-state index contributed by atoms with van der Waals surface area (Å²) in [5, 5.41) is 12.3. The third-order valence-electron chi connectivity index (χ3n) is 2.65. The topological polar surface area (TPSA) is 35.8 Å². The number of nitrogens with zero attached hydrogens (tertiary/aromatic N) is 1. The molecule has 0 heterocycles. The molecular formula is C11H16N2. The highest BCUT2D eigenvalue weighted by Crippen LogP contribution is 2.36. The molecule has 0 atom stereocenters. The standard InChI is InChI=1S/C11H16N2/c1-2-3-8-13-10-11(9-12)6-4-5-7-11/h13H,4-8,10H2,1H3. The van der Waals surface area contributed by atoms with Crippen molar-refractivity contribution >= 4 is 0 Å². The van der Waals surface area contributed by atoms with Gasteiger partial charge in [-0.15, -0.1) is 5.92 Å². The van der Waals surface area contributed by atoms with E-state index in [9.17, 15) is 0 Å². The second-order valence-corrected chi connectivity index (χ2v) is 3.63. The molecule has 1 saturated carbocycles. The van der Waals surface area contributed by atoms with Gasteiger partial charge in [0.2, 0.25) is 0 Å². The van der Waals surface area contributed by atoms with Crippen molar-refractivity contribution in [1.29, 1.82) is 5.26 Å². The van der Waals surface area contributed by atoms with Gasteiger partial charge in [0.05, 0.1) is 18.0 Å². The van der Waals surface area contributed by atoms with Gasteiger partial charge < -0.3 is 5.32 Å². The molecule has 0 spiro atoms. The highest BCUT2D eigenvalue weighted by molar-refractivity contribution is 5.04. The molecule has 0 aromatic carbocycles. The predicted octanol–water partition coefficient (Wildman–Crippen LogP) is 1.68. The molecule has 0 unspecified atom stereocenters. The van der Waals surface area contributed by atoms with Crippen LogP contribution in [0.1, 0.15) is 32.6 Å². The van der Waals surface area contributed by atoms with Gasteiger partial charge in [0.15, 0.2) is 0 Å². The van der Waals surface area contributed by atoms with Crippen molar-refractivity contribution < 1.29 is 0 Å². The summed E-state index contributed by atoms with van der Waals surface area (Å²) in [6, 6.07) is 2.44. The van der Waals surface area contributed by atoms with Gasteiger partial charge >= 0.3 is 0 Å². The van der Waals surface area contributed by atoms with Crippen molar-refractivity contribution in [3.8, 4) is 17.9 Å². The van der Waals surface area contributed by atoms with E-state index in [1.165, 1.54) is 12.8 Å². The molecule has 0 aliphatic heterocycles. The van der Waals surface area contributed by atoms with E-state index in [1.54, 1.807) is 0 Å². The molecule has 0 saturated heterocycles. The summed E-state index contributed by atoms with van der Waals surface area (Å²) in [5.41, 5.74) is -0.0879. The smallest absolute Gasteiger partial charge is 0.0703 e.